The van der Waals surface area contributed by atoms with Crippen molar-refractivity contribution in [3.63, 3.8) is 0 Å². The fourth-order valence-corrected chi connectivity index (χ4v) is 4.59. The second kappa shape index (κ2) is 6.33. The average Bonchev–Trinajstić information content (AvgIpc) is 3.15. The molecule has 0 bridgehead atoms. The summed E-state index contributed by atoms with van der Waals surface area (Å²) in [6.07, 6.45) is 10.2. The second-order valence-electron chi connectivity index (χ2n) is 6.99. The summed E-state index contributed by atoms with van der Waals surface area (Å²) in [4.78, 5) is 2.65. The Morgan fingerprint density at radius 3 is 2.55 bits per heavy atom. The van der Waals surface area contributed by atoms with Crippen LogP contribution in [-0.2, 0) is 4.74 Å². The Morgan fingerprint density at radius 1 is 1.20 bits per heavy atom. The maximum atomic E-state index is 5.99. The van der Waals surface area contributed by atoms with Crippen molar-refractivity contribution in [3.05, 3.63) is 0 Å². The molecular weight excluding hydrogens is 248 g/mol. The van der Waals surface area contributed by atoms with Gasteiger partial charge in [0, 0.05) is 37.2 Å². The van der Waals surface area contributed by atoms with Gasteiger partial charge in [-0.1, -0.05) is 19.8 Å². The number of hydrogen-bond acceptors (Lipinski definition) is 3. The monoisotopic (exact) mass is 280 g/mol. The lowest BCUT2D eigenvalue weighted by Gasteiger charge is -2.54. The molecule has 0 heterocycles. The summed E-state index contributed by atoms with van der Waals surface area (Å²) >= 11 is 0. The van der Waals surface area contributed by atoms with Crippen molar-refractivity contribution in [1.82, 2.24) is 10.2 Å². The summed E-state index contributed by atoms with van der Waals surface area (Å²) in [5.41, 5.74) is 0.493. The fraction of sp³-hybridized carbons (Fsp3) is 1.00. The quantitative estimate of drug-likeness (QED) is 0.740. The molecule has 2 atom stereocenters. The lowest BCUT2D eigenvalue weighted by Crippen LogP contribution is -2.63. The van der Waals surface area contributed by atoms with Crippen molar-refractivity contribution >= 4 is 0 Å². The van der Waals surface area contributed by atoms with Crippen LogP contribution in [0.25, 0.3) is 0 Å². The van der Waals surface area contributed by atoms with Crippen molar-refractivity contribution in [2.24, 2.45) is 5.41 Å². The van der Waals surface area contributed by atoms with Gasteiger partial charge in [0.15, 0.2) is 0 Å². The molecule has 3 saturated carbocycles. The van der Waals surface area contributed by atoms with Crippen LogP contribution in [0.3, 0.4) is 0 Å². The molecule has 3 aliphatic rings. The fourth-order valence-electron chi connectivity index (χ4n) is 4.59. The molecule has 0 saturated heterocycles. The first-order valence-corrected chi connectivity index (χ1v) is 8.89. The van der Waals surface area contributed by atoms with Crippen LogP contribution in [-0.4, -0.2) is 49.3 Å². The molecule has 3 fully saturated rings. The molecule has 0 aromatic rings. The van der Waals surface area contributed by atoms with Crippen LogP contribution in [0.1, 0.15) is 58.8 Å². The van der Waals surface area contributed by atoms with E-state index < -0.39 is 0 Å². The van der Waals surface area contributed by atoms with Crippen LogP contribution in [0.15, 0.2) is 0 Å². The Kier molecular flexibility index (Phi) is 4.68. The maximum Gasteiger partial charge on any atom is 0.0661 e. The van der Waals surface area contributed by atoms with E-state index in [9.17, 15) is 0 Å². The van der Waals surface area contributed by atoms with Gasteiger partial charge in [0.1, 0.15) is 0 Å². The molecule has 2 unspecified atom stereocenters. The summed E-state index contributed by atoms with van der Waals surface area (Å²) in [6, 6.07) is 1.62. The molecule has 0 aromatic carbocycles. The number of ether oxygens (including phenoxy) is 1. The summed E-state index contributed by atoms with van der Waals surface area (Å²) in [5.74, 6) is 0. The van der Waals surface area contributed by atoms with E-state index in [2.05, 4.69) is 24.1 Å². The molecule has 3 heteroatoms. The highest BCUT2D eigenvalue weighted by Crippen LogP contribution is 2.54. The van der Waals surface area contributed by atoms with Gasteiger partial charge in [-0.2, -0.15) is 0 Å². The van der Waals surface area contributed by atoms with Crippen LogP contribution in [0.5, 0.6) is 0 Å². The van der Waals surface area contributed by atoms with E-state index in [1.54, 1.807) is 0 Å². The van der Waals surface area contributed by atoms with E-state index in [1.165, 1.54) is 58.0 Å². The van der Waals surface area contributed by atoms with Gasteiger partial charge in [-0.05, 0) is 45.6 Å². The van der Waals surface area contributed by atoms with Crippen LogP contribution >= 0.6 is 0 Å². The van der Waals surface area contributed by atoms with Gasteiger partial charge in [-0.15, -0.1) is 0 Å². The van der Waals surface area contributed by atoms with Crippen molar-refractivity contribution in [3.8, 4) is 0 Å². The SMILES string of the molecule is CCOC1CC(NCCN(CC)C2CC2)C12CCCC2. The van der Waals surface area contributed by atoms with Crippen LogP contribution < -0.4 is 5.32 Å². The van der Waals surface area contributed by atoms with Crippen molar-refractivity contribution in [2.45, 2.75) is 77.0 Å². The number of nitrogens with one attached hydrogen (secondary N) is 1. The van der Waals surface area contributed by atoms with E-state index in [1.807, 2.05) is 0 Å². The molecule has 20 heavy (non-hydrogen) atoms. The molecule has 3 rings (SSSR count). The van der Waals surface area contributed by atoms with Gasteiger partial charge >= 0.3 is 0 Å². The standard InChI is InChI=1S/C17H32N2O/c1-3-19(14-7-8-14)12-11-18-15-13-16(20-4-2)17(15)9-5-6-10-17/h14-16,18H,3-13H2,1-2H3. The maximum absolute atomic E-state index is 5.99. The third-order valence-corrected chi connectivity index (χ3v) is 5.95. The van der Waals surface area contributed by atoms with Gasteiger partial charge in [-0.3, -0.25) is 4.90 Å². The third-order valence-electron chi connectivity index (χ3n) is 5.95. The van der Waals surface area contributed by atoms with Crippen molar-refractivity contribution in [2.75, 3.05) is 26.2 Å². The number of hydrogen-bond donors (Lipinski definition) is 1. The highest BCUT2D eigenvalue weighted by Gasteiger charge is 2.56. The Bertz CT molecular complexity index is 310. The zero-order valence-electron chi connectivity index (χ0n) is 13.4. The normalized spacial score (nSPS) is 31.9. The predicted molar refractivity (Wildman–Crippen MR) is 83.0 cm³/mol. The van der Waals surface area contributed by atoms with Crippen LogP contribution in [0, 0.1) is 5.41 Å². The van der Waals surface area contributed by atoms with Gasteiger partial charge in [0.05, 0.1) is 6.10 Å². The van der Waals surface area contributed by atoms with Crippen LogP contribution in [0.2, 0.25) is 0 Å². The summed E-state index contributed by atoms with van der Waals surface area (Å²) in [6.45, 7) is 8.92. The molecule has 0 aromatic heterocycles. The minimum Gasteiger partial charge on any atom is -0.378 e. The number of rotatable bonds is 8. The molecule has 116 valence electrons. The minimum absolute atomic E-state index is 0.493. The van der Waals surface area contributed by atoms with Crippen LogP contribution in [0.4, 0.5) is 0 Å². The summed E-state index contributed by atoms with van der Waals surface area (Å²) in [7, 11) is 0. The first kappa shape index (κ1) is 14.8. The zero-order chi connectivity index (χ0) is 14.0. The van der Waals surface area contributed by atoms with Gasteiger partial charge < -0.3 is 10.1 Å². The molecule has 1 spiro atoms. The largest absolute Gasteiger partial charge is 0.378 e. The van der Waals surface area contributed by atoms with E-state index in [4.69, 9.17) is 4.74 Å². The highest BCUT2D eigenvalue weighted by atomic mass is 16.5. The molecule has 3 nitrogen and oxygen atoms in total. The Hall–Kier alpha value is -0.120. The lowest BCUT2D eigenvalue weighted by atomic mass is 9.60. The van der Waals surface area contributed by atoms with Crippen molar-refractivity contribution < 1.29 is 4.74 Å². The molecular formula is C17H32N2O. The number of likely N-dealkylation sites (N-methyl/N-ethyl adjacent to an activating group) is 1. The first-order chi connectivity index (χ1) is 9.80. The Balaban J connectivity index is 1.45. The zero-order valence-corrected chi connectivity index (χ0v) is 13.4. The highest BCUT2D eigenvalue weighted by molar-refractivity contribution is 5.10. The van der Waals surface area contributed by atoms with Gasteiger partial charge in [0.25, 0.3) is 0 Å². The van der Waals surface area contributed by atoms with E-state index in [0.717, 1.165) is 25.2 Å². The van der Waals surface area contributed by atoms with E-state index >= 15 is 0 Å². The summed E-state index contributed by atoms with van der Waals surface area (Å²) < 4.78 is 5.99. The predicted octanol–water partition coefficient (Wildman–Crippen LogP) is 2.80. The van der Waals surface area contributed by atoms with E-state index in [-0.39, 0.29) is 0 Å². The smallest absolute Gasteiger partial charge is 0.0661 e. The molecule has 3 aliphatic carbocycles. The minimum atomic E-state index is 0.493. The topological polar surface area (TPSA) is 24.5 Å². The first-order valence-electron chi connectivity index (χ1n) is 8.89. The van der Waals surface area contributed by atoms with Crippen molar-refractivity contribution in [1.29, 1.82) is 0 Å². The Morgan fingerprint density at radius 2 is 1.95 bits per heavy atom. The summed E-state index contributed by atoms with van der Waals surface area (Å²) in [5, 5.41) is 3.87. The molecule has 1 N–H and O–H groups in total. The number of nitrogens with zero attached hydrogens (tertiary/aromatic N) is 1. The average molecular weight is 280 g/mol. The molecule has 0 amide bonds. The van der Waals surface area contributed by atoms with Gasteiger partial charge in [-0.25, -0.2) is 0 Å². The Labute approximate surface area is 124 Å². The molecule has 0 radical (unpaired) electrons. The van der Waals surface area contributed by atoms with E-state index in [0.29, 0.717) is 11.5 Å². The third kappa shape index (κ3) is 2.77. The second-order valence-corrected chi connectivity index (χ2v) is 6.99. The molecule has 0 aliphatic heterocycles. The lowest BCUT2D eigenvalue weighted by molar-refractivity contribution is -0.130. The van der Waals surface area contributed by atoms with Gasteiger partial charge in [0.2, 0.25) is 0 Å².